The van der Waals surface area contributed by atoms with Crippen LogP contribution in [0, 0.1) is 0 Å². The van der Waals surface area contributed by atoms with Crippen molar-refractivity contribution in [2.24, 2.45) is 0 Å². The summed E-state index contributed by atoms with van der Waals surface area (Å²) in [5.41, 5.74) is 0.958. The van der Waals surface area contributed by atoms with Crippen LogP contribution in [0.25, 0.3) is 0 Å². The first-order valence-corrected chi connectivity index (χ1v) is 6.30. The van der Waals surface area contributed by atoms with Gasteiger partial charge in [0.2, 0.25) is 0 Å². The van der Waals surface area contributed by atoms with Crippen LogP contribution in [0.2, 0.25) is 5.02 Å². The largest absolute Gasteiger partial charge is 0.497 e. The second kappa shape index (κ2) is 5.98. The number of rotatable bonds is 4. The highest BCUT2D eigenvalue weighted by atomic mass is 35.5. The molecule has 0 saturated heterocycles. The zero-order valence-corrected chi connectivity index (χ0v) is 11.3. The minimum atomic E-state index is 0.430. The molecule has 2 nitrogen and oxygen atoms in total. The van der Waals surface area contributed by atoms with Crippen LogP contribution in [0.5, 0.6) is 17.2 Å². The molecule has 0 N–H and O–H groups in total. The molecule has 0 bridgehead atoms. The minimum absolute atomic E-state index is 0.430. The first kappa shape index (κ1) is 13.1. The number of methoxy groups -OCH3 is 1. The third-order valence-electron chi connectivity index (χ3n) is 2.42. The molecule has 0 radical (unpaired) electrons. The molecule has 0 atom stereocenters. The molecule has 4 heteroatoms. The second-order valence-corrected chi connectivity index (χ2v) is 4.35. The van der Waals surface area contributed by atoms with Gasteiger partial charge >= 0.3 is 0 Å². The highest BCUT2D eigenvalue weighted by molar-refractivity contribution is 6.32. The monoisotopic (exact) mass is 282 g/mol. The van der Waals surface area contributed by atoms with Gasteiger partial charge < -0.3 is 9.47 Å². The molecule has 0 heterocycles. The van der Waals surface area contributed by atoms with E-state index in [1.54, 1.807) is 25.3 Å². The summed E-state index contributed by atoms with van der Waals surface area (Å²) in [6.45, 7) is 0. The number of benzene rings is 2. The van der Waals surface area contributed by atoms with Crippen LogP contribution in [0.4, 0.5) is 0 Å². The predicted octanol–water partition coefficient (Wildman–Crippen LogP) is 4.88. The lowest BCUT2D eigenvalue weighted by molar-refractivity contribution is 0.409. The smallest absolute Gasteiger partial charge is 0.146 e. The van der Waals surface area contributed by atoms with Crippen LogP contribution >= 0.6 is 23.2 Å². The Hall–Kier alpha value is -1.38. The van der Waals surface area contributed by atoms with Gasteiger partial charge in [-0.25, -0.2) is 0 Å². The van der Waals surface area contributed by atoms with Crippen LogP contribution < -0.4 is 9.47 Å². The predicted molar refractivity (Wildman–Crippen MR) is 74.1 cm³/mol. The van der Waals surface area contributed by atoms with E-state index in [9.17, 15) is 0 Å². The Morgan fingerprint density at radius 3 is 2.50 bits per heavy atom. The van der Waals surface area contributed by atoms with Gasteiger partial charge in [-0.15, -0.1) is 11.6 Å². The molecule has 0 aliphatic carbocycles. The quantitative estimate of drug-likeness (QED) is 0.744. The molecule has 0 aromatic heterocycles. The Labute approximate surface area is 116 Å². The lowest BCUT2D eigenvalue weighted by Crippen LogP contribution is -1.88. The van der Waals surface area contributed by atoms with E-state index < -0.39 is 0 Å². The summed E-state index contributed by atoms with van der Waals surface area (Å²) >= 11 is 11.9. The molecule has 94 valence electrons. The van der Waals surface area contributed by atoms with E-state index in [2.05, 4.69) is 0 Å². The third kappa shape index (κ3) is 3.09. The van der Waals surface area contributed by atoms with Crippen LogP contribution in [0.3, 0.4) is 0 Å². The van der Waals surface area contributed by atoms with E-state index in [1.165, 1.54) is 0 Å². The summed E-state index contributed by atoms with van der Waals surface area (Å²) in [6, 6.07) is 12.8. The van der Waals surface area contributed by atoms with Crippen molar-refractivity contribution in [3.8, 4) is 17.2 Å². The Bertz CT molecular complexity index is 541. The van der Waals surface area contributed by atoms with Crippen molar-refractivity contribution in [3.05, 3.63) is 53.1 Å². The lowest BCUT2D eigenvalue weighted by Gasteiger charge is -2.09. The number of alkyl halides is 1. The van der Waals surface area contributed by atoms with Crippen LogP contribution in [-0.2, 0) is 5.88 Å². The maximum atomic E-state index is 6.12. The van der Waals surface area contributed by atoms with E-state index in [0.29, 0.717) is 22.4 Å². The van der Waals surface area contributed by atoms with E-state index >= 15 is 0 Å². The van der Waals surface area contributed by atoms with Gasteiger partial charge in [-0.1, -0.05) is 23.7 Å². The van der Waals surface area contributed by atoms with Crippen molar-refractivity contribution in [2.45, 2.75) is 5.88 Å². The highest BCUT2D eigenvalue weighted by Gasteiger charge is 2.05. The molecular formula is C14H12Cl2O2. The lowest BCUT2D eigenvalue weighted by atomic mass is 10.2. The Morgan fingerprint density at radius 1 is 1.06 bits per heavy atom. The van der Waals surface area contributed by atoms with Crippen LogP contribution in [0.1, 0.15) is 5.56 Å². The summed E-state index contributed by atoms with van der Waals surface area (Å²) in [6.07, 6.45) is 0. The fourth-order valence-electron chi connectivity index (χ4n) is 1.50. The summed E-state index contributed by atoms with van der Waals surface area (Å²) in [5.74, 6) is 2.44. The molecule has 2 rings (SSSR count). The van der Waals surface area contributed by atoms with E-state index in [1.807, 2.05) is 24.3 Å². The third-order valence-corrected chi connectivity index (χ3v) is 3.02. The molecule has 0 aliphatic heterocycles. The van der Waals surface area contributed by atoms with E-state index in [0.717, 1.165) is 11.3 Å². The van der Waals surface area contributed by atoms with Gasteiger partial charge in [-0.05, 0) is 29.8 Å². The standard InChI is InChI=1S/C14H12Cl2O2/c1-17-11-3-2-4-12(8-11)18-14-6-5-10(9-15)7-13(14)16/h2-8H,9H2,1H3. The number of hydrogen-bond donors (Lipinski definition) is 0. The molecule has 0 fully saturated rings. The molecule has 2 aromatic carbocycles. The SMILES string of the molecule is COc1cccc(Oc2ccc(CCl)cc2Cl)c1. The van der Waals surface area contributed by atoms with Gasteiger partial charge in [0.25, 0.3) is 0 Å². The van der Waals surface area contributed by atoms with Crippen LogP contribution in [-0.4, -0.2) is 7.11 Å². The second-order valence-electron chi connectivity index (χ2n) is 3.68. The Balaban J connectivity index is 2.22. The van der Waals surface area contributed by atoms with Crippen LogP contribution in [0.15, 0.2) is 42.5 Å². The minimum Gasteiger partial charge on any atom is -0.497 e. The van der Waals surface area contributed by atoms with Crippen molar-refractivity contribution >= 4 is 23.2 Å². The highest BCUT2D eigenvalue weighted by Crippen LogP contribution is 2.31. The molecule has 0 aliphatic rings. The molecule has 2 aromatic rings. The van der Waals surface area contributed by atoms with E-state index in [-0.39, 0.29) is 0 Å². The first-order chi connectivity index (χ1) is 8.72. The van der Waals surface area contributed by atoms with Gasteiger partial charge in [-0.3, -0.25) is 0 Å². The van der Waals surface area contributed by atoms with Crippen molar-refractivity contribution < 1.29 is 9.47 Å². The summed E-state index contributed by atoms with van der Waals surface area (Å²) in [7, 11) is 1.61. The fraction of sp³-hybridized carbons (Fsp3) is 0.143. The summed E-state index contributed by atoms with van der Waals surface area (Å²) in [5, 5.41) is 0.538. The topological polar surface area (TPSA) is 18.5 Å². The molecular weight excluding hydrogens is 271 g/mol. The summed E-state index contributed by atoms with van der Waals surface area (Å²) in [4.78, 5) is 0. The van der Waals surface area contributed by atoms with Gasteiger partial charge in [0.15, 0.2) is 0 Å². The number of halogens is 2. The van der Waals surface area contributed by atoms with Gasteiger partial charge in [0.05, 0.1) is 12.1 Å². The Morgan fingerprint density at radius 2 is 1.83 bits per heavy atom. The first-order valence-electron chi connectivity index (χ1n) is 5.39. The van der Waals surface area contributed by atoms with Crippen molar-refractivity contribution in [1.29, 1.82) is 0 Å². The van der Waals surface area contributed by atoms with Gasteiger partial charge in [-0.2, -0.15) is 0 Å². The molecule has 18 heavy (non-hydrogen) atoms. The van der Waals surface area contributed by atoms with Gasteiger partial charge in [0, 0.05) is 11.9 Å². The van der Waals surface area contributed by atoms with Crippen molar-refractivity contribution in [2.75, 3.05) is 7.11 Å². The summed E-state index contributed by atoms with van der Waals surface area (Å²) < 4.78 is 10.8. The molecule has 0 spiro atoms. The number of hydrogen-bond acceptors (Lipinski definition) is 2. The van der Waals surface area contributed by atoms with Crippen molar-refractivity contribution in [1.82, 2.24) is 0 Å². The normalized spacial score (nSPS) is 10.2. The van der Waals surface area contributed by atoms with Crippen molar-refractivity contribution in [3.63, 3.8) is 0 Å². The molecule has 0 unspecified atom stereocenters. The van der Waals surface area contributed by atoms with Gasteiger partial charge in [0.1, 0.15) is 17.2 Å². The van der Waals surface area contributed by atoms with E-state index in [4.69, 9.17) is 32.7 Å². The maximum Gasteiger partial charge on any atom is 0.146 e. The fourth-order valence-corrected chi connectivity index (χ4v) is 1.91. The number of ether oxygens (including phenoxy) is 2. The average molecular weight is 283 g/mol. The zero-order valence-electron chi connectivity index (χ0n) is 9.82. The average Bonchev–Trinajstić information content (AvgIpc) is 2.41. The Kier molecular flexibility index (Phi) is 4.34. The molecule has 0 amide bonds. The zero-order chi connectivity index (χ0) is 13.0. The molecule has 0 saturated carbocycles. The maximum absolute atomic E-state index is 6.12.